The summed E-state index contributed by atoms with van der Waals surface area (Å²) in [4.78, 5) is 38.9. The molecule has 1 aromatic rings. The second-order valence-corrected chi connectivity index (χ2v) is 5.88. The van der Waals surface area contributed by atoms with Crippen molar-refractivity contribution >= 4 is 14.5 Å². The molecule has 4 atom stereocenters. The molecule has 1 saturated heterocycles. The number of nitrogens with two attached hydrogens (primary N) is 1. The number of azide groups is 1. The van der Waals surface area contributed by atoms with Gasteiger partial charge in [0.15, 0.2) is 0 Å². The lowest BCUT2D eigenvalue weighted by atomic mass is 10.1. The number of H-pyrrole nitrogens is 1. The van der Waals surface area contributed by atoms with Crippen LogP contribution in [0.1, 0.15) is 18.2 Å². The van der Waals surface area contributed by atoms with Crippen molar-refractivity contribution in [2.24, 2.45) is 10.8 Å². The van der Waals surface area contributed by atoms with E-state index in [9.17, 15) is 14.4 Å². The summed E-state index contributed by atoms with van der Waals surface area (Å²) in [5, 5.41) is 3.62. The summed E-state index contributed by atoms with van der Waals surface area (Å²) >= 11 is 0. The lowest BCUT2D eigenvalue weighted by molar-refractivity contribution is -0.0200. The van der Waals surface area contributed by atoms with Crippen LogP contribution in [0.3, 0.4) is 0 Å². The third-order valence-electron chi connectivity index (χ3n) is 3.28. The molecular formula is C11H15N6O5P. The first kappa shape index (κ1) is 17.2. The minimum absolute atomic E-state index is 0.00133. The van der Waals surface area contributed by atoms with Crippen LogP contribution in [0.2, 0.25) is 0 Å². The van der Waals surface area contributed by atoms with Gasteiger partial charge in [0.2, 0.25) is 0 Å². The molecule has 11 nitrogen and oxygen atoms in total. The molecule has 0 saturated carbocycles. The van der Waals surface area contributed by atoms with Gasteiger partial charge in [-0.15, -0.1) is 0 Å². The molecular weight excluding hydrogens is 327 g/mol. The van der Waals surface area contributed by atoms with E-state index in [-0.39, 0.29) is 13.0 Å². The fraction of sp³-hybridized carbons (Fsp3) is 0.545. The normalized spacial score (nSPS) is 24.0. The van der Waals surface area contributed by atoms with Crippen LogP contribution in [0.15, 0.2) is 20.9 Å². The topological polar surface area (TPSA) is 165 Å². The predicted molar refractivity (Wildman–Crippen MR) is 81.4 cm³/mol. The highest BCUT2D eigenvalue weighted by Gasteiger charge is 2.36. The van der Waals surface area contributed by atoms with Crippen LogP contribution in [0.25, 0.3) is 10.4 Å². The van der Waals surface area contributed by atoms with Gasteiger partial charge in [0, 0.05) is 23.1 Å². The third kappa shape index (κ3) is 4.17. The minimum atomic E-state index is -0.709. The number of carbonyl (C=O) groups is 1. The van der Waals surface area contributed by atoms with E-state index < -0.39 is 44.1 Å². The standard InChI is InChI=1S/C11H15N6O5P/c1-5-3-17(11(20)14-9(5)18)8-2-6(15-16-13)7(22-8)4-21-23-10(12)19/h3,6-8,23H,2,4H2,1H3,(H2,12,19)(H,14,18,20)/t6?,7-,8-/m1/s1. The van der Waals surface area contributed by atoms with Crippen LogP contribution in [0, 0.1) is 6.92 Å². The fourth-order valence-corrected chi connectivity index (χ4v) is 2.61. The van der Waals surface area contributed by atoms with Crippen molar-refractivity contribution in [3.05, 3.63) is 43.0 Å². The highest BCUT2D eigenvalue weighted by atomic mass is 31.1. The maximum atomic E-state index is 11.9. The first-order valence-electron chi connectivity index (χ1n) is 6.61. The number of primary amides is 1. The van der Waals surface area contributed by atoms with E-state index in [0.29, 0.717) is 5.56 Å². The average Bonchev–Trinajstić information content (AvgIpc) is 2.86. The van der Waals surface area contributed by atoms with Crippen molar-refractivity contribution in [3.63, 3.8) is 0 Å². The first-order valence-corrected chi connectivity index (χ1v) is 7.52. The van der Waals surface area contributed by atoms with E-state index >= 15 is 0 Å². The summed E-state index contributed by atoms with van der Waals surface area (Å²) in [6.07, 6.45) is 0.289. The zero-order valence-corrected chi connectivity index (χ0v) is 13.1. The molecule has 1 aliphatic rings. The zero-order chi connectivity index (χ0) is 17.0. The van der Waals surface area contributed by atoms with Crippen LogP contribution in [-0.2, 0) is 9.26 Å². The maximum absolute atomic E-state index is 11.9. The van der Waals surface area contributed by atoms with Gasteiger partial charge in [0.05, 0.1) is 18.8 Å². The van der Waals surface area contributed by atoms with Crippen LogP contribution in [0.4, 0.5) is 4.79 Å². The second kappa shape index (κ2) is 7.38. The van der Waals surface area contributed by atoms with Crippen LogP contribution in [0.5, 0.6) is 0 Å². The number of nitrogens with one attached hydrogen (secondary N) is 1. The highest BCUT2D eigenvalue weighted by molar-refractivity contribution is 7.52. The number of ether oxygens (including phenoxy) is 1. The molecule has 23 heavy (non-hydrogen) atoms. The molecule has 2 heterocycles. The lowest BCUT2D eigenvalue weighted by Crippen LogP contribution is -2.33. The van der Waals surface area contributed by atoms with E-state index in [1.807, 2.05) is 0 Å². The Labute approximate surface area is 131 Å². The van der Waals surface area contributed by atoms with Crippen molar-refractivity contribution in [1.29, 1.82) is 0 Å². The summed E-state index contributed by atoms with van der Waals surface area (Å²) in [6, 6.07) is -0.568. The summed E-state index contributed by atoms with van der Waals surface area (Å²) in [5.41, 5.74) is 12.3. The molecule has 0 aliphatic carbocycles. The van der Waals surface area contributed by atoms with Crippen molar-refractivity contribution in [3.8, 4) is 0 Å². The number of aryl methyl sites for hydroxylation is 1. The molecule has 2 rings (SSSR count). The van der Waals surface area contributed by atoms with Gasteiger partial charge in [0.1, 0.15) is 15.0 Å². The zero-order valence-electron chi connectivity index (χ0n) is 12.1. The van der Waals surface area contributed by atoms with E-state index in [1.165, 1.54) is 10.8 Å². The van der Waals surface area contributed by atoms with E-state index in [0.717, 1.165) is 0 Å². The van der Waals surface area contributed by atoms with Gasteiger partial charge >= 0.3 is 5.69 Å². The van der Waals surface area contributed by atoms with Crippen LogP contribution < -0.4 is 17.0 Å². The lowest BCUT2D eigenvalue weighted by Gasteiger charge is -2.16. The maximum Gasteiger partial charge on any atom is 0.330 e. The SMILES string of the molecule is Cc1cn([C@H]2CC(N=[N+]=[N-])[C@@H](COPC(N)=O)O2)c(=O)[nH]c1=O. The number of hydrogen-bond donors (Lipinski definition) is 2. The Morgan fingerprint density at radius 2 is 2.43 bits per heavy atom. The number of rotatable bonds is 6. The molecule has 0 aromatic carbocycles. The molecule has 2 unspecified atom stereocenters. The Bertz CT molecular complexity index is 754. The number of aromatic nitrogens is 2. The van der Waals surface area contributed by atoms with Gasteiger partial charge in [-0.25, -0.2) is 4.79 Å². The average molecular weight is 342 g/mol. The fourth-order valence-electron chi connectivity index (χ4n) is 2.22. The molecule has 0 radical (unpaired) electrons. The van der Waals surface area contributed by atoms with Crippen LogP contribution >= 0.6 is 8.81 Å². The molecule has 1 aromatic heterocycles. The summed E-state index contributed by atoms with van der Waals surface area (Å²) in [7, 11) is -0.532. The molecule has 0 bridgehead atoms. The Morgan fingerprint density at radius 3 is 3.09 bits per heavy atom. The highest BCUT2D eigenvalue weighted by Crippen LogP contribution is 2.31. The van der Waals surface area contributed by atoms with Crippen molar-refractivity contribution < 1.29 is 14.1 Å². The molecule has 0 spiro atoms. The van der Waals surface area contributed by atoms with Crippen molar-refractivity contribution in [1.82, 2.24) is 9.55 Å². The van der Waals surface area contributed by atoms with Crippen molar-refractivity contribution in [2.45, 2.75) is 31.7 Å². The van der Waals surface area contributed by atoms with Gasteiger partial charge in [-0.3, -0.25) is 19.1 Å². The third-order valence-corrected chi connectivity index (χ3v) is 3.79. The largest absolute Gasteiger partial charge is 0.364 e. The van der Waals surface area contributed by atoms with E-state index in [1.54, 1.807) is 6.92 Å². The quantitative estimate of drug-likeness (QED) is 0.332. The first-order chi connectivity index (χ1) is 10.9. The van der Waals surface area contributed by atoms with Gasteiger partial charge in [-0.2, -0.15) is 0 Å². The number of carbonyl (C=O) groups excluding carboxylic acids is 1. The van der Waals surface area contributed by atoms with Gasteiger partial charge in [-0.1, -0.05) is 5.11 Å². The van der Waals surface area contributed by atoms with E-state index in [4.69, 9.17) is 20.5 Å². The van der Waals surface area contributed by atoms with Crippen LogP contribution in [-0.4, -0.2) is 34.0 Å². The van der Waals surface area contributed by atoms with Gasteiger partial charge < -0.3 is 15.0 Å². The Balaban J connectivity index is 2.18. The van der Waals surface area contributed by atoms with Gasteiger partial charge in [0.25, 0.3) is 11.2 Å². The second-order valence-electron chi connectivity index (χ2n) is 4.89. The number of nitrogens with zero attached hydrogens (tertiary/aromatic N) is 4. The Hall–Kier alpha value is -2.19. The number of amides is 1. The summed E-state index contributed by atoms with van der Waals surface area (Å²) < 4.78 is 12.0. The minimum Gasteiger partial charge on any atom is -0.364 e. The van der Waals surface area contributed by atoms with Crippen molar-refractivity contribution in [2.75, 3.05) is 6.61 Å². The molecule has 124 valence electrons. The monoisotopic (exact) mass is 342 g/mol. The summed E-state index contributed by atoms with van der Waals surface area (Å²) in [5.74, 6) is 0. The molecule has 1 aliphatic heterocycles. The summed E-state index contributed by atoms with van der Waals surface area (Å²) in [6.45, 7) is 1.56. The number of hydrogen-bond acceptors (Lipinski definition) is 6. The molecule has 1 amide bonds. The molecule has 12 heteroatoms. The predicted octanol–water partition coefficient (Wildman–Crippen LogP) is 0.500. The molecule has 1 fully saturated rings. The Kier molecular flexibility index (Phi) is 5.51. The van der Waals surface area contributed by atoms with E-state index in [2.05, 4.69) is 15.0 Å². The smallest absolute Gasteiger partial charge is 0.330 e. The molecule has 3 N–H and O–H groups in total. The number of aromatic amines is 1. The Morgan fingerprint density at radius 1 is 1.70 bits per heavy atom. The van der Waals surface area contributed by atoms with Gasteiger partial charge in [-0.05, 0) is 12.5 Å².